The van der Waals surface area contributed by atoms with Crippen LogP contribution in [0.25, 0.3) is 0 Å². The Labute approximate surface area is 109 Å². The van der Waals surface area contributed by atoms with E-state index >= 15 is 0 Å². The summed E-state index contributed by atoms with van der Waals surface area (Å²) in [6.45, 7) is 2.00. The predicted molar refractivity (Wildman–Crippen MR) is 72.3 cm³/mol. The van der Waals surface area contributed by atoms with E-state index in [2.05, 4.69) is 26.2 Å². The minimum absolute atomic E-state index is 0.0221. The number of nitrogens with one attached hydrogen (secondary N) is 1. The number of pyridine rings is 1. The second-order valence-corrected chi connectivity index (χ2v) is 4.67. The minimum atomic E-state index is -0.0221. The van der Waals surface area contributed by atoms with Crippen LogP contribution in [0.1, 0.15) is 11.1 Å². The summed E-state index contributed by atoms with van der Waals surface area (Å²) in [4.78, 5) is 4.23. The van der Waals surface area contributed by atoms with E-state index in [0.29, 0.717) is 5.82 Å². The van der Waals surface area contributed by atoms with Crippen molar-refractivity contribution in [1.29, 1.82) is 0 Å². The molecule has 1 heterocycles. The van der Waals surface area contributed by atoms with Crippen molar-refractivity contribution in [2.24, 2.45) is 0 Å². The molecule has 3 nitrogen and oxygen atoms in total. The van der Waals surface area contributed by atoms with Crippen LogP contribution in [-0.2, 0) is 6.61 Å². The summed E-state index contributed by atoms with van der Waals surface area (Å²) in [7, 11) is 0. The molecule has 0 aliphatic rings. The molecule has 0 saturated carbocycles. The van der Waals surface area contributed by atoms with Gasteiger partial charge in [0.1, 0.15) is 5.82 Å². The maximum Gasteiger partial charge on any atom is 0.135 e. The molecule has 0 radical (unpaired) electrons. The number of hydrogen-bond acceptors (Lipinski definition) is 3. The summed E-state index contributed by atoms with van der Waals surface area (Å²) in [5, 5.41) is 12.4. The van der Waals surface area contributed by atoms with Crippen LogP contribution in [0.5, 0.6) is 0 Å². The number of aromatic nitrogens is 1. The summed E-state index contributed by atoms with van der Waals surface area (Å²) in [6, 6.07) is 9.64. The maximum absolute atomic E-state index is 9.22. The zero-order valence-electron chi connectivity index (χ0n) is 9.44. The Bertz CT molecular complexity index is 529. The van der Waals surface area contributed by atoms with Gasteiger partial charge in [-0.15, -0.1) is 0 Å². The molecule has 0 bridgehead atoms. The minimum Gasteiger partial charge on any atom is -0.392 e. The number of nitrogens with zero attached hydrogens (tertiary/aromatic N) is 1. The standard InChI is InChI=1S/C13H13BrN2O/c1-9-7-11(14)4-5-12(9)16-13-10(8-17)3-2-6-15-13/h2-7,17H,8H2,1H3,(H,15,16). The molecule has 0 aliphatic carbocycles. The van der Waals surface area contributed by atoms with Crippen molar-refractivity contribution in [2.75, 3.05) is 5.32 Å². The summed E-state index contributed by atoms with van der Waals surface area (Å²) < 4.78 is 1.05. The highest BCUT2D eigenvalue weighted by molar-refractivity contribution is 9.10. The molecule has 0 spiro atoms. The van der Waals surface area contributed by atoms with Crippen molar-refractivity contribution >= 4 is 27.4 Å². The van der Waals surface area contributed by atoms with Gasteiger partial charge >= 0.3 is 0 Å². The van der Waals surface area contributed by atoms with Gasteiger partial charge < -0.3 is 10.4 Å². The quantitative estimate of drug-likeness (QED) is 0.911. The third kappa shape index (κ3) is 2.84. The molecule has 0 fully saturated rings. The van der Waals surface area contributed by atoms with Gasteiger partial charge in [-0.3, -0.25) is 0 Å². The van der Waals surface area contributed by atoms with Gasteiger partial charge in [0.05, 0.1) is 6.61 Å². The summed E-state index contributed by atoms with van der Waals surface area (Å²) in [5.74, 6) is 0.695. The van der Waals surface area contributed by atoms with Crippen molar-refractivity contribution < 1.29 is 5.11 Å². The third-order valence-electron chi connectivity index (χ3n) is 2.50. The van der Waals surface area contributed by atoms with Gasteiger partial charge in [0.25, 0.3) is 0 Å². The Balaban J connectivity index is 2.31. The fourth-order valence-electron chi connectivity index (χ4n) is 1.57. The van der Waals surface area contributed by atoms with Gasteiger partial charge in [-0.1, -0.05) is 22.0 Å². The van der Waals surface area contributed by atoms with Crippen LogP contribution >= 0.6 is 15.9 Å². The number of benzene rings is 1. The molecule has 0 amide bonds. The van der Waals surface area contributed by atoms with Crippen LogP contribution in [0, 0.1) is 6.92 Å². The Kier molecular flexibility index (Phi) is 3.76. The number of anilines is 2. The van der Waals surface area contributed by atoms with Gasteiger partial charge in [0.15, 0.2) is 0 Å². The molecule has 2 aromatic rings. The summed E-state index contributed by atoms with van der Waals surface area (Å²) in [5.41, 5.74) is 2.89. The lowest BCUT2D eigenvalue weighted by Gasteiger charge is -2.11. The van der Waals surface area contributed by atoms with Crippen LogP contribution in [0.4, 0.5) is 11.5 Å². The van der Waals surface area contributed by atoms with Gasteiger partial charge in [0.2, 0.25) is 0 Å². The highest BCUT2D eigenvalue weighted by Crippen LogP contribution is 2.24. The molecule has 1 aromatic carbocycles. The van der Waals surface area contributed by atoms with E-state index in [4.69, 9.17) is 0 Å². The molecule has 0 unspecified atom stereocenters. The fraction of sp³-hybridized carbons (Fsp3) is 0.154. The van der Waals surface area contributed by atoms with E-state index in [1.807, 2.05) is 37.3 Å². The molecule has 1 aromatic heterocycles. The molecule has 2 N–H and O–H groups in total. The number of halogens is 1. The summed E-state index contributed by atoms with van der Waals surface area (Å²) >= 11 is 3.43. The van der Waals surface area contributed by atoms with E-state index < -0.39 is 0 Å². The van der Waals surface area contributed by atoms with E-state index in [0.717, 1.165) is 21.3 Å². The van der Waals surface area contributed by atoms with Gasteiger partial charge in [0, 0.05) is 21.9 Å². The van der Waals surface area contributed by atoms with Crippen molar-refractivity contribution in [1.82, 2.24) is 4.98 Å². The number of aliphatic hydroxyl groups excluding tert-OH is 1. The third-order valence-corrected chi connectivity index (χ3v) is 3.00. The number of rotatable bonds is 3. The molecule has 4 heteroatoms. The average molecular weight is 293 g/mol. The Morgan fingerprint density at radius 1 is 1.35 bits per heavy atom. The van der Waals surface area contributed by atoms with Gasteiger partial charge in [-0.05, 0) is 36.8 Å². The monoisotopic (exact) mass is 292 g/mol. The first-order chi connectivity index (χ1) is 8.20. The molecule has 88 valence electrons. The molecule has 0 saturated heterocycles. The van der Waals surface area contributed by atoms with E-state index in [1.165, 1.54) is 0 Å². The van der Waals surface area contributed by atoms with Crippen LogP contribution < -0.4 is 5.32 Å². The SMILES string of the molecule is Cc1cc(Br)ccc1Nc1ncccc1CO. The second-order valence-electron chi connectivity index (χ2n) is 3.75. The first-order valence-electron chi connectivity index (χ1n) is 5.28. The van der Waals surface area contributed by atoms with Crippen molar-refractivity contribution in [3.63, 3.8) is 0 Å². The van der Waals surface area contributed by atoms with E-state index in [-0.39, 0.29) is 6.61 Å². The van der Waals surface area contributed by atoms with Crippen LogP contribution in [0.15, 0.2) is 41.0 Å². The largest absolute Gasteiger partial charge is 0.392 e. The highest BCUT2D eigenvalue weighted by Gasteiger charge is 2.04. The fourth-order valence-corrected chi connectivity index (χ4v) is 2.05. The van der Waals surface area contributed by atoms with Gasteiger partial charge in [-0.2, -0.15) is 0 Å². The lowest BCUT2D eigenvalue weighted by molar-refractivity contribution is 0.282. The number of hydrogen-bond donors (Lipinski definition) is 2. The lowest BCUT2D eigenvalue weighted by atomic mass is 10.2. The second kappa shape index (κ2) is 5.29. The van der Waals surface area contributed by atoms with E-state index in [1.54, 1.807) is 6.20 Å². The smallest absolute Gasteiger partial charge is 0.135 e. The molecule has 0 aliphatic heterocycles. The van der Waals surface area contributed by atoms with Crippen LogP contribution in [-0.4, -0.2) is 10.1 Å². The van der Waals surface area contributed by atoms with E-state index in [9.17, 15) is 5.11 Å². The maximum atomic E-state index is 9.22. The normalized spacial score (nSPS) is 10.3. The molecule has 0 atom stereocenters. The average Bonchev–Trinajstić information content (AvgIpc) is 2.33. The Morgan fingerprint density at radius 2 is 2.18 bits per heavy atom. The summed E-state index contributed by atoms with van der Waals surface area (Å²) in [6.07, 6.45) is 1.70. The lowest BCUT2D eigenvalue weighted by Crippen LogP contribution is -2.00. The van der Waals surface area contributed by atoms with Crippen molar-refractivity contribution in [2.45, 2.75) is 13.5 Å². The molecule has 17 heavy (non-hydrogen) atoms. The number of aliphatic hydroxyl groups is 1. The molecular formula is C13H13BrN2O. The topological polar surface area (TPSA) is 45.2 Å². The van der Waals surface area contributed by atoms with Crippen LogP contribution in [0.2, 0.25) is 0 Å². The predicted octanol–water partition coefficient (Wildman–Crippen LogP) is 3.39. The highest BCUT2D eigenvalue weighted by atomic mass is 79.9. The van der Waals surface area contributed by atoms with Crippen molar-refractivity contribution in [3.05, 3.63) is 52.1 Å². The molecular weight excluding hydrogens is 280 g/mol. The first kappa shape index (κ1) is 12.1. The van der Waals surface area contributed by atoms with Crippen LogP contribution in [0.3, 0.4) is 0 Å². The van der Waals surface area contributed by atoms with Crippen molar-refractivity contribution in [3.8, 4) is 0 Å². The zero-order valence-corrected chi connectivity index (χ0v) is 11.0. The Hall–Kier alpha value is -1.39. The van der Waals surface area contributed by atoms with Gasteiger partial charge in [-0.25, -0.2) is 4.98 Å². The molecule has 2 rings (SSSR count). The number of aryl methyl sites for hydroxylation is 1. The Morgan fingerprint density at radius 3 is 2.88 bits per heavy atom. The first-order valence-corrected chi connectivity index (χ1v) is 6.08. The zero-order chi connectivity index (χ0) is 12.3.